The number of hydrogen-bond acceptors (Lipinski definition) is 7. The summed E-state index contributed by atoms with van der Waals surface area (Å²) < 4.78 is 68.9. The number of carbonyl (C=O) groups is 1. The standard InChI is InChI=1S/C21H24F3N5O4S/c1-20(11-26-10-16(33-20)21(22,23)24)18-14(5-6-15(29-18)12-3-2-4-12)19(30)28-13-7-8-27-17(9-13)34(25,31)32/h5-9,12,16,26H,2-4,10-11H2,1H3,(H2,25,31,32)(H,27,28,30)/t16-,20+/m0/s1. The predicted molar refractivity (Wildman–Crippen MR) is 116 cm³/mol. The topological polar surface area (TPSA) is 136 Å². The number of ether oxygens (including phenoxy) is 1. The third-order valence-electron chi connectivity index (χ3n) is 6.03. The van der Waals surface area contributed by atoms with Gasteiger partial charge in [0.1, 0.15) is 5.60 Å². The highest BCUT2D eigenvalue weighted by atomic mass is 32.2. The number of pyridine rings is 2. The second kappa shape index (κ2) is 8.87. The minimum atomic E-state index is -4.59. The van der Waals surface area contributed by atoms with Crippen LogP contribution in [0.5, 0.6) is 0 Å². The molecule has 2 aromatic rings. The van der Waals surface area contributed by atoms with E-state index >= 15 is 0 Å². The summed E-state index contributed by atoms with van der Waals surface area (Å²) in [4.78, 5) is 21.4. The molecule has 9 nitrogen and oxygen atoms in total. The van der Waals surface area contributed by atoms with Gasteiger partial charge in [-0.05, 0) is 38.0 Å². The number of alkyl halides is 3. The van der Waals surface area contributed by atoms with Crippen LogP contribution in [0.3, 0.4) is 0 Å². The lowest BCUT2D eigenvalue weighted by Crippen LogP contribution is -2.56. The molecule has 0 unspecified atom stereocenters. The largest absolute Gasteiger partial charge is 0.415 e. The van der Waals surface area contributed by atoms with Crippen molar-refractivity contribution in [3.63, 3.8) is 0 Å². The summed E-state index contributed by atoms with van der Waals surface area (Å²) in [6.45, 7) is 1.08. The Labute approximate surface area is 194 Å². The quantitative estimate of drug-likeness (QED) is 0.575. The van der Waals surface area contributed by atoms with E-state index in [0.717, 1.165) is 31.5 Å². The maximum atomic E-state index is 13.4. The lowest BCUT2D eigenvalue weighted by molar-refractivity contribution is -0.262. The van der Waals surface area contributed by atoms with E-state index in [1.807, 2.05) is 0 Å². The van der Waals surface area contributed by atoms with Gasteiger partial charge in [0.05, 0.1) is 11.3 Å². The molecule has 0 aromatic carbocycles. The number of amides is 1. The lowest BCUT2D eigenvalue weighted by atomic mass is 9.82. The van der Waals surface area contributed by atoms with E-state index < -0.39 is 45.4 Å². The van der Waals surface area contributed by atoms with Crippen LogP contribution in [-0.2, 0) is 20.4 Å². The Hall–Kier alpha value is -2.61. The van der Waals surface area contributed by atoms with Gasteiger partial charge in [0.15, 0.2) is 11.1 Å². The summed E-state index contributed by atoms with van der Waals surface area (Å²) in [5.41, 5.74) is -0.647. The molecule has 1 aliphatic heterocycles. The van der Waals surface area contributed by atoms with Gasteiger partial charge < -0.3 is 15.4 Å². The fourth-order valence-corrected chi connectivity index (χ4v) is 4.49. The molecule has 4 N–H and O–H groups in total. The monoisotopic (exact) mass is 499 g/mol. The van der Waals surface area contributed by atoms with Crippen LogP contribution in [0.1, 0.15) is 53.8 Å². The maximum Gasteiger partial charge on any atom is 0.415 e. The molecule has 184 valence electrons. The zero-order valence-corrected chi connectivity index (χ0v) is 19.0. The van der Waals surface area contributed by atoms with Crippen molar-refractivity contribution < 1.29 is 31.1 Å². The first kappa shape index (κ1) is 24.5. The molecule has 3 heterocycles. The Morgan fingerprint density at radius 1 is 1.29 bits per heavy atom. The Bertz CT molecular complexity index is 1200. The summed E-state index contributed by atoms with van der Waals surface area (Å²) >= 11 is 0. The van der Waals surface area contributed by atoms with E-state index in [-0.39, 0.29) is 29.4 Å². The number of nitrogens with two attached hydrogens (primary N) is 1. The number of sulfonamides is 1. The first-order valence-corrected chi connectivity index (χ1v) is 12.2. The van der Waals surface area contributed by atoms with Crippen molar-refractivity contribution in [2.24, 2.45) is 5.14 Å². The van der Waals surface area contributed by atoms with Gasteiger partial charge in [-0.1, -0.05) is 6.42 Å². The van der Waals surface area contributed by atoms with Crippen LogP contribution in [0.4, 0.5) is 18.9 Å². The van der Waals surface area contributed by atoms with E-state index in [1.54, 1.807) is 6.07 Å². The fraction of sp³-hybridized carbons (Fsp3) is 0.476. The molecular weight excluding hydrogens is 475 g/mol. The van der Waals surface area contributed by atoms with Crippen LogP contribution >= 0.6 is 0 Å². The number of hydrogen-bond donors (Lipinski definition) is 3. The molecule has 1 saturated heterocycles. The molecule has 1 amide bonds. The molecule has 0 spiro atoms. The van der Waals surface area contributed by atoms with Gasteiger partial charge in [0.2, 0.25) is 0 Å². The Morgan fingerprint density at radius 2 is 2.03 bits per heavy atom. The molecule has 0 bridgehead atoms. The fourth-order valence-electron chi connectivity index (χ4n) is 3.99. The van der Waals surface area contributed by atoms with E-state index in [1.165, 1.54) is 19.1 Å². The molecule has 0 radical (unpaired) electrons. The van der Waals surface area contributed by atoms with Gasteiger partial charge >= 0.3 is 6.18 Å². The van der Waals surface area contributed by atoms with Crippen LogP contribution in [0.15, 0.2) is 35.5 Å². The number of halogens is 3. The molecule has 2 fully saturated rings. The summed E-state index contributed by atoms with van der Waals surface area (Å²) in [5.74, 6) is -0.514. The van der Waals surface area contributed by atoms with Crippen molar-refractivity contribution in [3.05, 3.63) is 47.4 Å². The third kappa shape index (κ3) is 5.06. The summed E-state index contributed by atoms with van der Waals surface area (Å²) in [5, 5.41) is 9.94. The molecule has 4 rings (SSSR count). The first-order valence-electron chi connectivity index (χ1n) is 10.6. The van der Waals surface area contributed by atoms with Crippen molar-refractivity contribution in [2.75, 3.05) is 18.4 Å². The lowest BCUT2D eigenvalue weighted by Gasteiger charge is -2.40. The Morgan fingerprint density at radius 3 is 2.65 bits per heavy atom. The summed E-state index contributed by atoms with van der Waals surface area (Å²) in [7, 11) is -4.10. The molecule has 1 aliphatic carbocycles. The number of aromatic nitrogens is 2. The van der Waals surface area contributed by atoms with Gasteiger partial charge in [-0.15, -0.1) is 0 Å². The maximum absolute atomic E-state index is 13.4. The molecule has 2 atom stereocenters. The number of primary sulfonamides is 1. The molecule has 13 heteroatoms. The SMILES string of the molecule is C[C@]1(c2nc(C3CCC3)ccc2C(=O)Nc2ccnc(S(N)(=O)=O)c2)CNC[C@@H](C(F)(F)F)O1. The van der Waals surface area contributed by atoms with Gasteiger partial charge in [-0.2, -0.15) is 13.2 Å². The van der Waals surface area contributed by atoms with Crippen molar-refractivity contribution in [2.45, 2.75) is 55.0 Å². The first-order chi connectivity index (χ1) is 15.9. The number of anilines is 1. The average Bonchev–Trinajstić information content (AvgIpc) is 2.71. The van der Waals surface area contributed by atoms with Crippen molar-refractivity contribution >= 4 is 21.6 Å². The molecule has 1 saturated carbocycles. The van der Waals surface area contributed by atoms with Crippen LogP contribution in [0.25, 0.3) is 0 Å². The van der Waals surface area contributed by atoms with E-state index in [2.05, 4.69) is 20.6 Å². The summed E-state index contributed by atoms with van der Waals surface area (Å²) in [6, 6.07) is 5.65. The molecule has 2 aliphatic rings. The van der Waals surface area contributed by atoms with Crippen molar-refractivity contribution in [1.29, 1.82) is 0 Å². The highest BCUT2D eigenvalue weighted by molar-refractivity contribution is 7.89. The minimum absolute atomic E-state index is 0.0177. The number of nitrogens with zero attached hydrogens (tertiary/aromatic N) is 2. The van der Waals surface area contributed by atoms with Gasteiger partial charge in [0, 0.05) is 42.7 Å². The second-order valence-electron chi connectivity index (χ2n) is 8.65. The number of nitrogens with one attached hydrogen (secondary N) is 2. The molecule has 2 aromatic heterocycles. The summed E-state index contributed by atoms with van der Waals surface area (Å²) in [6.07, 6.45) is -2.64. The van der Waals surface area contributed by atoms with E-state index in [0.29, 0.717) is 5.69 Å². The van der Waals surface area contributed by atoms with Crippen LogP contribution in [0.2, 0.25) is 0 Å². The zero-order chi connectivity index (χ0) is 24.7. The number of morpholine rings is 1. The normalized spacial score (nSPS) is 23.9. The average molecular weight is 500 g/mol. The van der Waals surface area contributed by atoms with Gasteiger partial charge in [-0.25, -0.2) is 18.5 Å². The smallest absolute Gasteiger partial charge is 0.354 e. The van der Waals surface area contributed by atoms with Crippen molar-refractivity contribution in [3.8, 4) is 0 Å². The third-order valence-corrected chi connectivity index (χ3v) is 6.84. The van der Waals surface area contributed by atoms with Crippen molar-refractivity contribution in [1.82, 2.24) is 15.3 Å². The minimum Gasteiger partial charge on any atom is -0.354 e. The predicted octanol–water partition coefficient (Wildman–Crippen LogP) is 2.41. The Kier molecular flexibility index (Phi) is 6.40. The Balaban J connectivity index is 1.70. The van der Waals surface area contributed by atoms with Gasteiger partial charge in [-0.3, -0.25) is 9.78 Å². The zero-order valence-electron chi connectivity index (χ0n) is 18.2. The van der Waals surface area contributed by atoms with E-state index in [9.17, 15) is 26.4 Å². The van der Waals surface area contributed by atoms with Crippen LogP contribution in [-0.4, -0.2) is 49.7 Å². The molecular formula is C21H24F3N5O4S. The molecule has 34 heavy (non-hydrogen) atoms. The number of carbonyl (C=O) groups excluding carboxylic acids is 1. The number of rotatable bonds is 5. The van der Waals surface area contributed by atoms with Gasteiger partial charge in [0.25, 0.3) is 15.9 Å². The second-order valence-corrected chi connectivity index (χ2v) is 10.2. The highest BCUT2D eigenvalue weighted by Crippen LogP contribution is 2.39. The highest BCUT2D eigenvalue weighted by Gasteiger charge is 2.49. The van der Waals surface area contributed by atoms with E-state index in [4.69, 9.17) is 9.88 Å². The van der Waals surface area contributed by atoms with Crippen LogP contribution in [0, 0.1) is 0 Å². The van der Waals surface area contributed by atoms with Crippen LogP contribution < -0.4 is 15.8 Å².